The van der Waals surface area contributed by atoms with Gasteiger partial charge in [-0.2, -0.15) is 0 Å². The maximum absolute atomic E-state index is 12.7. The zero-order chi connectivity index (χ0) is 22.5. The van der Waals surface area contributed by atoms with Gasteiger partial charge >= 0.3 is 6.03 Å². The minimum atomic E-state index is -0.543. The summed E-state index contributed by atoms with van der Waals surface area (Å²) in [6.07, 6.45) is -0.529. The van der Waals surface area contributed by atoms with Gasteiger partial charge in [-0.1, -0.05) is 60.7 Å². The Morgan fingerprint density at radius 2 is 1.56 bits per heavy atom. The van der Waals surface area contributed by atoms with Gasteiger partial charge in [0.25, 0.3) is 5.91 Å². The number of ether oxygens (including phenoxy) is 1. The Hall–Kier alpha value is -3.23. The number of aliphatic imine (C=N–C) groups is 1. The quantitative estimate of drug-likeness (QED) is 0.651. The number of fused-ring (bicyclic) bond motifs is 1. The van der Waals surface area contributed by atoms with Crippen molar-refractivity contribution >= 4 is 17.8 Å². The van der Waals surface area contributed by atoms with Gasteiger partial charge in [-0.15, -0.1) is 0 Å². The molecule has 1 N–H and O–H groups in total. The summed E-state index contributed by atoms with van der Waals surface area (Å²) in [5.74, 6) is 0.478. The zero-order valence-corrected chi connectivity index (χ0v) is 18.5. The molecule has 8 heteroatoms. The number of nitrogens with zero attached hydrogens (tertiary/aromatic N) is 4. The molecule has 3 amide bonds. The molecule has 2 aromatic rings. The van der Waals surface area contributed by atoms with Crippen LogP contribution in [0.2, 0.25) is 0 Å². The van der Waals surface area contributed by atoms with E-state index in [1.54, 1.807) is 14.2 Å². The van der Waals surface area contributed by atoms with Crippen molar-refractivity contribution in [1.82, 2.24) is 20.0 Å². The molecule has 0 aromatic heterocycles. The fourth-order valence-electron chi connectivity index (χ4n) is 4.22. The van der Waals surface area contributed by atoms with E-state index in [4.69, 9.17) is 9.73 Å². The topological polar surface area (TPSA) is 77.5 Å². The number of hydrogen-bond acceptors (Lipinski definition) is 6. The number of likely N-dealkylation sites (N-methyl/N-ethyl adjacent to an activating group) is 1. The SMILES string of the molecule is COCCN1C(CN(Cc2ccccc2)Cc2ccccc2)=NC2C1C(=O)NC(=O)N2C. The molecule has 0 bridgehead atoms. The van der Waals surface area contributed by atoms with E-state index in [2.05, 4.69) is 34.5 Å². The molecule has 0 saturated carbocycles. The predicted molar refractivity (Wildman–Crippen MR) is 122 cm³/mol. The van der Waals surface area contributed by atoms with Crippen LogP contribution in [-0.2, 0) is 22.6 Å². The molecule has 1 fully saturated rings. The van der Waals surface area contributed by atoms with Gasteiger partial charge in [0.05, 0.1) is 13.2 Å². The second-order valence-corrected chi connectivity index (χ2v) is 8.11. The van der Waals surface area contributed by atoms with E-state index in [0.29, 0.717) is 19.7 Å². The molecular formula is C24H29N5O3. The van der Waals surface area contributed by atoms with Crippen LogP contribution in [0.1, 0.15) is 11.1 Å². The molecule has 1 saturated heterocycles. The number of amidine groups is 1. The van der Waals surface area contributed by atoms with Crippen molar-refractivity contribution in [3.8, 4) is 0 Å². The van der Waals surface area contributed by atoms with E-state index < -0.39 is 18.2 Å². The highest BCUT2D eigenvalue weighted by atomic mass is 16.5. The minimum absolute atomic E-state index is 0.314. The third-order valence-electron chi connectivity index (χ3n) is 5.85. The van der Waals surface area contributed by atoms with Crippen LogP contribution in [-0.4, -0.2) is 78.5 Å². The number of urea groups is 1. The lowest BCUT2D eigenvalue weighted by Gasteiger charge is -2.36. The number of nitrogens with one attached hydrogen (secondary N) is 1. The van der Waals surface area contributed by atoms with Gasteiger partial charge in [0.2, 0.25) is 0 Å². The number of rotatable bonds is 9. The summed E-state index contributed by atoms with van der Waals surface area (Å²) in [6.45, 7) is 3.02. The normalized spacial score (nSPS) is 20.4. The zero-order valence-electron chi connectivity index (χ0n) is 18.5. The minimum Gasteiger partial charge on any atom is -0.383 e. The van der Waals surface area contributed by atoms with E-state index in [9.17, 15) is 9.59 Å². The predicted octanol–water partition coefficient (Wildman–Crippen LogP) is 1.93. The smallest absolute Gasteiger partial charge is 0.325 e. The van der Waals surface area contributed by atoms with Crippen molar-refractivity contribution in [2.24, 2.45) is 4.99 Å². The van der Waals surface area contributed by atoms with Gasteiger partial charge < -0.3 is 14.5 Å². The number of benzene rings is 2. The average Bonchev–Trinajstić information content (AvgIpc) is 3.16. The van der Waals surface area contributed by atoms with Crippen LogP contribution in [0.5, 0.6) is 0 Å². The molecule has 2 heterocycles. The van der Waals surface area contributed by atoms with Crippen LogP contribution in [0, 0.1) is 0 Å². The van der Waals surface area contributed by atoms with E-state index in [-0.39, 0.29) is 5.91 Å². The molecule has 2 aliphatic rings. The molecular weight excluding hydrogens is 406 g/mol. The molecule has 4 rings (SSSR count). The summed E-state index contributed by atoms with van der Waals surface area (Å²) in [6, 6.07) is 19.6. The van der Waals surface area contributed by atoms with E-state index in [0.717, 1.165) is 18.9 Å². The van der Waals surface area contributed by atoms with Gasteiger partial charge in [-0.05, 0) is 11.1 Å². The first-order valence-electron chi connectivity index (χ1n) is 10.8. The third-order valence-corrected chi connectivity index (χ3v) is 5.85. The van der Waals surface area contributed by atoms with Crippen LogP contribution < -0.4 is 5.32 Å². The Balaban J connectivity index is 1.60. The number of amides is 3. The van der Waals surface area contributed by atoms with E-state index in [1.807, 2.05) is 41.3 Å². The summed E-state index contributed by atoms with van der Waals surface area (Å²) in [5.41, 5.74) is 2.40. The number of carbonyl (C=O) groups is 2. The Morgan fingerprint density at radius 1 is 0.969 bits per heavy atom. The van der Waals surface area contributed by atoms with Crippen molar-refractivity contribution < 1.29 is 14.3 Å². The number of imide groups is 1. The Bertz CT molecular complexity index is 925. The summed E-state index contributed by atoms with van der Waals surface area (Å²) >= 11 is 0. The fraction of sp³-hybridized carbons (Fsp3) is 0.375. The molecule has 2 unspecified atom stereocenters. The molecule has 0 aliphatic carbocycles. The summed E-state index contributed by atoms with van der Waals surface area (Å²) in [4.78, 5) is 35.5. The molecule has 32 heavy (non-hydrogen) atoms. The first-order valence-corrected chi connectivity index (χ1v) is 10.8. The van der Waals surface area contributed by atoms with Gasteiger partial charge in [0.15, 0.2) is 12.2 Å². The molecule has 8 nitrogen and oxygen atoms in total. The lowest BCUT2D eigenvalue weighted by molar-refractivity contribution is -0.127. The second kappa shape index (κ2) is 9.93. The Labute approximate surface area is 188 Å². The maximum atomic E-state index is 12.7. The molecule has 0 radical (unpaired) electrons. The summed E-state index contributed by atoms with van der Waals surface area (Å²) in [5, 5.41) is 2.44. The van der Waals surface area contributed by atoms with Gasteiger partial charge in [0, 0.05) is 33.8 Å². The van der Waals surface area contributed by atoms with Crippen LogP contribution in [0.15, 0.2) is 65.7 Å². The monoisotopic (exact) mass is 435 g/mol. The molecule has 2 atom stereocenters. The van der Waals surface area contributed by atoms with Crippen molar-refractivity contribution in [3.05, 3.63) is 71.8 Å². The molecule has 2 aromatic carbocycles. The van der Waals surface area contributed by atoms with Crippen molar-refractivity contribution in [2.75, 3.05) is 33.9 Å². The Kier molecular flexibility index (Phi) is 6.82. The van der Waals surface area contributed by atoms with Crippen LogP contribution in [0.3, 0.4) is 0 Å². The van der Waals surface area contributed by atoms with Gasteiger partial charge in [-0.3, -0.25) is 15.0 Å². The highest BCUT2D eigenvalue weighted by Crippen LogP contribution is 2.25. The first-order chi connectivity index (χ1) is 15.6. The fourth-order valence-corrected chi connectivity index (χ4v) is 4.22. The molecule has 2 aliphatic heterocycles. The number of methoxy groups -OCH3 is 1. The highest BCUT2D eigenvalue weighted by molar-refractivity contribution is 6.04. The average molecular weight is 436 g/mol. The lowest BCUT2D eigenvalue weighted by Crippen LogP contribution is -2.64. The first kappa shape index (κ1) is 22.0. The van der Waals surface area contributed by atoms with E-state index in [1.165, 1.54) is 16.0 Å². The van der Waals surface area contributed by atoms with Crippen molar-refractivity contribution in [2.45, 2.75) is 25.3 Å². The molecule has 0 spiro atoms. The van der Waals surface area contributed by atoms with Crippen LogP contribution in [0.25, 0.3) is 0 Å². The highest BCUT2D eigenvalue weighted by Gasteiger charge is 2.48. The van der Waals surface area contributed by atoms with Crippen molar-refractivity contribution in [3.63, 3.8) is 0 Å². The summed E-state index contributed by atoms with van der Waals surface area (Å²) < 4.78 is 5.29. The van der Waals surface area contributed by atoms with Crippen LogP contribution in [0.4, 0.5) is 4.79 Å². The maximum Gasteiger partial charge on any atom is 0.325 e. The van der Waals surface area contributed by atoms with Crippen molar-refractivity contribution in [1.29, 1.82) is 0 Å². The van der Waals surface area contributed by atoms with E-state index >= 15 is 0 Å². The third kappa shape index (κ3) is 4.81. The largest absolute Gasteiger partial charge is 0.383 e. The lowest BCUT2D eigenvalue weighted by atomic mass is 10.1. The van der Waals surface area contributed by atoms with Crippen LogP contribution >= 0.6 is 0 Å². The standard InChI is InChI=1S/C24H29N5O3/c1-27-22-21(23(30)26-24(27)31)29(13-14-32-2)20(25-22)17-28(15-18-9-5-3-6-10-18)16-19-11-7-4-8-12-19/h3-12,21-22H,13-17H2,1-2H3,(H,26,30,31). The van der Waals surface area contributed by atoms with Gasteiger partial charge in [0.1, 0.15) is 5.84 Å². The second-order valence-electron chi connectivity index (χ2n) is 8.11. The number of carbonyl (C=O) groups excluding carboxylic acids is 2. The Morgan fingerprint density at radius 3 is 2.12 bits per heavy atom. The molecule has 168 valence electrons. The van der Waals surface area contributed by atoms with Gasteiger partial charge in [-0.25, -0.2) is 9.79 Å². The summed E-state index contributed by atoms with van der Waals surface area (Å²) in [7, 11) is 3.31. The number of hydrogen-bond donors (Lipinski definition) is 1.